The summed E-state index contributed by atoms with van der Waals surface area (Å²) in [5, 5.41) is 65.2. The normalized spacial score (nSPS) is 20.1. The zero-order chi connectivity index (χ0) is 48.8. The van der Waals surface area contributed by atoms with Crippen molar-refractivity contribution in [1.82, 2.24) is 5.32 Å². The second kappa shape index (κ2) is 47.2. The molecule has 0 bridgehead atoms. The molecular weight excluding hydrogens is 843 g/mol. The Morgan fingerprint density at radius 1 is 0.493 bits per heavy atom. The van der Waals surface area contributed by atoms with Crippen LogP contribution in [0.2, 0.25) is 0 Å². The second-order valence-corrected chi connectivity index (χ2v) is 20.6. The SMILES string of the molecule is CCCCCCCCCCCCCC/C=C\CCCCCCCCCCCC(O)C(=O)NC(COC1OC(CO)C(O)C(O)C1O)C(O)CCCCCCCCCCCCCCCCCCC. The van der Waals surface area contributed by atoms with Gasteiger partial charge in [0.2, 0.25) is 5.91 Å². The largest absolute Gasteiger partial charge is 0.394 e. The maximum absolute atomic E-state index is 13.1. The molecule has 0 spiro atoms. The minimum atomic E-state index is -1.60. The number of amides is 1. The molecule has 0 aliphatic carbocycles. The van der Waals surface area contributed by atoms with Crippen LogP contribution in [0.4, 0.5) is 0 Å². The molecule has 1 fully saturated rings. The smallest absolute Gasteiger partial charge is 0.249 e. The number of hydrogen-bond donors (Lipinski definition) is 7. The molecule has 8 unspecified atom stereocenters. The quantitative estimate of drug-likeness (QED) is 0.0232. The predicted molar refractivity (Wildman–Crippen MR) is 278 cm³/mol. The summed E-state index contributed by atoms with van der Waals surface area (Å²) in [6.07, 6.45) is 47.0. The van der Waals surface area contributed by atoms with E-state index >= 15 is 0 Å². The van der Waals surface area contributed by atoms with Crippen molar-refractivity contribution in [3.63, 3.8) is 0 Å². The predicted octanol–water partition coefficient (Wildman–Crippen LogP) is 13.0. The summed E-state index contributed by atoms with van der Waals surface area (Å²) in [4.78, 5) is 13.1. The van der Waals surface area contributed by atoms with Gasteiger partial charge in [-0.3, -0.25) is 4.79 Å². The van der Waals surface area contributed by atoms with E-state index in [0.717, 1.165) is 51.4 Å². The van der Waals surface area contributed by atoms with Gasteiger partial charge in [0.1, 0.15) is 30.5 Å². The Morgan fingerprint density at radius 3 is 1.21 bits per heavy atom. The number of nitrogens with one attached hydrogen (secondary N) is 1. The minimum absolute atomic E-state index is 0.252. The molecule has 0 aromatic rings. The van der Waals surface area contributed by atoms with Crippen LogP contribution in [-0.4, -0.2) is 98.7 Å². The molecule has 1 saturated heterocycles. The van der Waals surface area contributed by atoms with Crippen LogP contribution in [0.1, 0.15) is 284 Å². The molecule has 1 amide bonds. The molecule has 0 aromatic heterocycles. The van der Waals surface area contributed by atoms with Gasteiger partial charge in [-0.15, -0.1) is 0 Å². The van der Waals surface area contributed by atoms with Crippen LogP contribution in [0.5, 0.6) is 0 Å². The third kappa shape index (κ3) is 36.5. The number of rotatable bonds is 50. The van der Waals surface area contributed by atoms with Gasteiger partial charge >= 0.3 is 0 Å². The highest BCUT2D eigenvalue weighted by Gasteiger charge is 2.44. The van der Waals surface area contributed by atoms with Crippen LogP contribution in [0.25, 0.3) is 0 Å². The van der Waals surface area contributed by atoms with Crippen molar-refractivity contribution in [2.24, 2.45) is 0 Å². The molecule has 7 N–H and O–H groups in total. The molecule has 0 aromatic carbocycles. The fourth-order valence-electron chi connectivity index (χ4n) is 9.52. The van der Waals surface area contributed by atoms with E-state index < -0.39 is 61.5 Å². The van der Waals surface area contributed by atoms with Gasteiger partial charge in [0.25, 0.3) is 0 Å². The monoisotopic (exact) mass is 954 g/mol. The topological polar surface area (TPSA) is 169 Å². The fraction of sp³-hybridized carbons (Fsp3) is 0.947. The van der Waals surface area contributed by atoms with Crippen LogP contribution >= 0.6 is 0 Å². The Kier molecular flexibility index (Phi) is 45.0. The number of allylic oxidation sites excluding steroid dienone is 2. The van der Waals surface area contributed by atoms with E-state index in [0.29, 0.717) is 12.8 Å². The summed E-state index contributed by atoms with van der Waals surface area (Å²) >= 11 is 0. The molecule has 398 valence electrons. The summed E-state index contributed by atoms with van der Waals surface area (Å²) < 4.78 is 11.2. The van der Waals surface area contributed by atoms with E-state index in [2.05, 4.69) is 31.3 Å². The van der Waals surface area contributed by atoms with Crippen molar-refractivity contribution in [1.29, 1.82) is 0 Å². The molecule has 67 heavy (non-hydrogen) atoms. The van der Waals surface area contributed by atoms with E-state index in [9.17, 15) is 35.4 Å². The van der Waals surface area contributed by atoms with Gasteiger partial charge in [0.15, 0.2) is 6.29 Å². The number of ether oxygens (including phenoxy) is 2. The molecule has 0 saturated carbocycles. The van der Waals surface area contributed by atoms with Crippen molar-refractivity contribution >= 4 is 5.91 Å². The number of carbonyl (C=O) groups excluding carboxylic acids is 1. The van der Waals surface area contributed by atoms with E-state index in [1.165, 1.54) is 205 Å². The van der Waals surface area contributed by atoms with Crippen LogP contribution in [-0.2, 0) is 14.3 Å². The Balaban J connectivity index is 2.24. The summed E-state index contributed by atoms with van der Waals surface area (Å²) in [5.41, 5.74) is 0. The Bertz CT molecular complexity index is 1080. The van der Waals surface area contributed by atoms with E-state index in [1.807, 2.05) is 0 Å². The number of hydrogen-bond acceptors (Lipinski definition) is 9. The first kappa shape index (κ1) is 63.9. The lowest BCUT2D eigenvalue weighted by Crippen LogP contribution is -2.60. The van der Waals surface area contributed by atoms with Gasteiger partial charge < -0.3 is 45.4 Å². The first-order valence-corrected chi connectivity index (χ1v) is 29.0. The van der Waals surface area contributed by atoms with Gasteiger partial charge in [-0.25, -0.2) is 0 Å². The van der Waals surface area contributed by atoms with Crippen molar-refractivity contribution in [2.45, 2.75) is 332 Å². The molecule has 1 aliphatic heterocycles. The van der Waals surface area contributed by atoms with Crippen molar-refractivity contribution in [2.75, 3.05) is 13.2 Å². The van der Waals surface area contributed by atoms with Gasteiger partial charge in [-0.2, -0.15) is 0 Å². The highest BCUT2D eigenvalue weighted by atomic mass is 16.7. The second-order valence-electron chi connectivity index (χ2n) is 20.6. The van der Waals surface area contributed by atoms with Gasteiger partial charge in [-0.1, -0.05) is 257 Å². The zero-order valence-electron chi connectivity index (χ0n) is 43.8. The molecule has 10 heteroatoms. The van der Waals surface area contributed by atoms with Crippen molar-refractivity contribution in [3.05, 3.63) is 12.2 Å². The third-order valence-corrected chi connectivity index (χ3v) is 14.2. The molecule has 1 rings (SSSR count). The maximum Gasteiger partial charge on any atom is 0.249 e. The lowest BCUT2D eigenvalue weighted by atomic mass is 9.99. The lowest BCUT2D eigenvalue weighted by molar-refractivity contribution is -0.302. The molecule has 1 aliphatic rings. The summed E-state index contributed by atoms with van der Waals surface area (Å²) in [6, 6.07) is -0.893. The highest BCUT2D eigenvalue weighted by Crippen LogP contribution is 2.23. The van der Waals surface area contributed by atoms with Crippen molar-refractivity contribution < 1.29 is 44.9 Å². The average Bonchev–Trinajstić information content (AvgIpc) is 3.33. The first-order chi connectivity index (χ1) is 32.8. The van der Waals surface area contributed by atoms with E-state index in [4.69, 9.17) is 9.47 Å². The van der Waals surface area contributed by atoms with E-state index in [1.54, 1.807) is 0 Å². The molecule has 1 heterocycles. The minimum Gasteiger partial charge on any atom is -0.394 e. The zero-order valence-corrected chi connectivity index (χ0v) is 43.8. The van der Waals surface area contributed by atoms with E-state index in [-0.39, 0.29) is 6.61 Å². The standard InChI is InChI=1S/C57H111NO9/c1-3-5-7-9-11-13-15-17-19-21-22-23-24-25-26-27-28-30-32-34-36-38-40-42-44-46-51(61)56(65)58-49(48-66-57-55(64)54(63)53(62)52(47-59)67-57)50(60)45-43-41-39-37-35-33-31-29-20-18-16-14-12-10-8-6-4-2/h25-26,49-55,57,59-64H,3-24,27-48H2,1-2H3,(H,58,65)/b26-25-. The van der Waals surface area contributed by atoms with Crippen molar-refractivity contribution in [3.8, 4) is 0 Å². The van der Waals surface area contributed by atoms with Gasteiger partial charge in [0, 0.05) is 0 Å². The number of carbonyl (C=O) groups is 1. The Morgan fingerprint density at radius 2 is 0.836 bits per heavy atom. The van der Waals surface area contributed by atoms with Crippen LogP contribution in [0.3, 0.4) is 0 Å². The Hall–Kier alpha value is -1.11. The summed E-state index contributed by atoms with van der Waals surface area (Å²) in [5.74, 6) is -0.581. The number of unbranched alkanes of at least 4 members (excludes halogenated alkanes) is 37. The molecule has 0 radical (unpaired) electrons. The molecule has 10 nitrogen and oxygen atoms in total. The van der Waals surface area contributed by atoms with Crippen LogP contribution < -0.4 is 5.32 Å². The fourth-order valence-corrected chi connectivity index (χ4v) is 9.52. The van der Waals surface area contributed by atoms with Crippen LogP contribution in [0, 0.1) is 0 Å². The summed E-state index contributed by atoms with van der Waals surface area (Å²) in [6.45, 7) is 3.71. The highest BCUT2D eigenvalue weighted by molar-refractivity contribution is 5.80. The average molecular weight is 955 g/mol. The maximum atomic E-state index is 13.1. The first-order valence-electron chi connectivity index (χ1n) is 29.0. The Labute approximate surface area is 412 Å². The molecule has 8 atom stereocenters. The number of aliphatic hydroxyl groups is 6. The number of aliphatic hydroxyl groups excluding tert-OH is 6. The third-order valence-electron chi connectivity index (χ3n) is 14.2. The van der Waals surface area contributed by atoms with Gasteiger partial charge in [0.05, 0.1) is 25.4 Å². The van der Waals surface area contributed by atoms with Crippen LogP contribution in [0.15, 0.2) is 12.2 Å². The molecular formula is C57H111NO9. The summed E-state index contributed by atoms with van der Waals surface area (Å²) in [7, 11) is 0. The van der Waals surface area contributed by atoms with Gasteiger partial charge in [-0.05, 0) is 38.5 Å². The lowest BCUT2D eigenvalue weighted by Gasteiger charge is -2.40.